The van der Waals surface area contributed by atoms with Gasteiger partial charge in [-0.15, -0.1) is 0 Å². The van der Waals surface area contributed by atoms with Crippen LogP contribution in [0.5, 0.6) is 0 Å². The van der Waals surface area contributed by atoms with Crippen molar-refractivity contribution < 1.29 is 19.4 Å². The van der Waals surface area contributed by atoms with Crippen molar-refractivity contribution in [2.24, 2.45) is 0 Å². The van der Waals surface area contributed by atoms with Gasteiger partial charge in [-0.1, -0.05) is 6.58 Å². The van der Waals surface area contributed by atoms with Crippen LogP contribution < -0.4 is 0 Å². The van der Waals surface area contributed by atoms with Crippen LogP contribution in [0.15, 0.2) is 12.2 Å². The van der Waals surface area contributed by atoms with Gasteiger partial charge in [0.05, 0.1) is 18.8 Å². The first-order chi connectivity index (χ1) is 6.47. The average Bonchev–Trinajstić information content (AvgIpc) is 2.13. The van der Waals surface area contributed by atoms with E-state index >= 15 is 0 Å². The lowest BCUT2D eigenvalue weighted by Gasteiger charge is -2.17. The van der Waals surface area contributed by atoms with Gasteiger partial charge in [-0.05, 0) is 20.8 Å². The van der Waals surface area contributed by atoms with Crippen LogP contribution >= 0.6 is 0 Å². The van der Waals surface area contributed by atoms with E-state index in [4.69, 9.17) is 14.6 Å². The molecule has 0 aromatic heterocycles. The molecule has 2 unspecified atom stereocenters. The van der Waals surface area contributed by atoms with E-state index in [1.807, 2.05) is 0 Å². The molecule has 4 nitrogen and oxygen atoms in total. The van der Waals surface area contributed by atoms with Crippen molar-refractivity contribution in [2.75, 3.05) is 13.2 Å². The van der Waals surface area contributed by atoms with Gasteiger partial charge in [0.25, 0.3) is 0 Å². The average molecular weight is 202 g/mol. The van der Waals surface area contributed by atoms with Crippen LogP contribution in [0.3, 0.4) is 0 Å². The van der Waals surface area contributed by atoms with E-state index in [2.05, 4.69) is 6.58 Å². The minimum Gasteiger partial charge on any atom is -0.460 e. The maximum Gasteiger partial charge on any atom is 0.333 e. The topological polar surface area (TPSA) is 55.8 Å². The van der Waals surface area contributed by atoms with Crippen molar-refractivity contribution >= 4 is 5.97 Å². The number of esters is 1. The molecule has 0 saturated heterocycles. The predicted molar refractivity (Wildman–Crippen MR) is 52.9 cm³/mol. The van der Waals surface area contributed by atoms with Crippen molar-refractivity contribution in [1.29, 1.82) is 0 Å². The minimum atomic E-state index is -0.419. The van der Waals surface area contributed by atoms with E-state index < -0.39 is 5.97 Å². The second-order valence-electron chi connectivity index (χ2n) is 3.32. The van der Waals surface area contributed by atoms with Crippen molar-refractivity contribution in [3.63, 3.8) is 0 Å². The standard InChI is InChI=1S/C10H18O4/c1-7(2)10(12)13-6-9(4)14-8(3)5-11/h8-9,11H,1,5-6H2,2-4H3. The molecule has 82 valence electrons. The summed E-state index contributed by atoms with van der Waals surface area (Å²) in [5, 5.41) is 8.70. The van der Waals surface area contributed by atoms with E-state index in [1.54, 1.807) is 20.8 Å². The second-order valence-corrected chi connectivity index (χ2v) is 3.32. The van der Waals surface area contributed by atoms with Gasteiger partial charge in [-0.3, -0.25) is 0 Å². The summed E-state index contributed by atoms with van der Waals surface area (Å²) in [4.78, 5) is 11.0. The van der Waals surface area contributed by atoms with Gasteiger partial charge in [0, 0.05) is 5.57 Å². The normalized spacial score (nSPS) is 14.6. The number of aliphatic hydroxyl groups excluding tert-OH is 1. The predicted octanol–water partition coefficient (Wildman–Crippen LogP) is 0.892. The number of hydrogen-bond donors (Lipinski definition) is 1. The Morgan fingerprint density at radius 2 is 2.00 bits per heavy atom. The van der Waals surface area contributed by atoms with Gasteiger partial charge in [0.15, 0.2) is 0 Å². The van der Waals surface area contributed by atoms with E-state index in [1.165, 1.54) is 0 Å². The minimum absolute atomic E-state index is 0.0429. The molecule has 0 rings (SSSR count). The van der Waals surface area contributed by atoms with Crippen LogP contribution in [0.25, 0.3) is 0 Å². The van der Waals surface area contributed by atoms with Gasteiger partial charge < -0.3 is 14.6 Å². The van der Waals surface area contributed by atoms with Gasteiger partial charge in [-0.2, -0.15) is 0 Å². The summed E-state index contributed by atoms with van der Waals surface area (Å²) < 4.78 is 10.1. The van der Waals surface area contributed by atoms with Crippen LogP contribution in [0.1, 0.15) is 20.8 Å². The maximum absolute atomic E-state index is 11.0. The first kappa shape index (κ1) is 13.1. The second kappa shape index (κ2) is 6.56. The highest BCUT2D eigenvalue weighted by molar-refractivity contribution is 5.86. The summed E-state index contributed by atoms with van der Waals surface area (Å²) in [6.45, 7) is 8.70. The number of carbonyl (C=O) groups is 1. The molecule has 4 heteroatoms. The third-order valence-electron chi connectivity index (χ3n) is 1.52. The molecule has 0 fully saturated rings. The number of carbonyl (C=O) groups excluding carboxylic acids is 1. The zero-order valence-electron chi connectivity index (χ0n) is 8.95. The van der Waals surface area contributed by atoms with Gasteiger partial charge >= 0.3 is 5.97 Å². The number of hydrogen-bond acceptors (Lipinski definition) is 4. The zero-order valence-corrected chi connectivity index (χ0v) is 8.95. The Balaban J connectivity index is 3.68. The summed E-state index contributed by atoms with van der Waals surface area (Å²) in [5.74, 6) is -0.419. The highest BCUT2D eigenvalue weighted by atomic mass is 16.6. The van der Waals surface area contributed by atoms with E-state index in [0.717, 1.165) is 0 Å². The molecular formula is C10H18O4. The molecule has 0 saturated carbocycles. The Kier molecular flexibility index (Phi) is 6.16. The molecule has 0 radical (unpaired) electrons. The summed E-state index contributed by atoms with van der Waals surface area (Å²) in [5.41, 5.74) is 0.368. The maximum atomic E-state index is 11.0. The van der Waals surface area contributed by atoms with Gasteiger partial charge in [-0.25, -0.2) is 4.79 Å². The zero-order chi connectivity index (χ0) is 11.1. The van der Waals surface area contributed by atoms with Crippen molar-refractivity contribution in [2.45, 2.75) is 33.0 Å². The molecule has 0 aliphatic heterocycles. The fourth-order valence-corrected chi connectivity index (χ4v) is 0.795. The van der Waals surface area contributed by atoms with Gasteiger partial charge in [0.1, 0.15) is 6.61 Å². The fourth-order valence-electron chi connectivity index (χ4n) is 0.795. The highest BCUT2D eigenvalue weighted by Gasteiger charge is 2.10. The third-order valence-corrected chi connectivity index (χ3v) is 1.52. The lowest BCUT2D eigenvalue weighted by molar-refractivity contribution is -0.144. The molecule has 0 spiro atoms. The molecule has 0 aromatic rings. The highest BCUT2D eigenvalue weighted by Crippen LogP contribution is 2.00. The smallest absolute Gasteiger partial charge is 0.333 e. The Hall–Kier alpha value is -0.870. The first-order valence-corrected chi connectivity index (χ1v) is 4.56. The monoisotopic (exact) mass is 202 g/mol. The molecule has 0 bridgehead atoms. The van der Waals surface area contributed by atoms with Crippen LogP contribution in [0, 0.1) is 0 Å². The molecule has 0 aromatic carbocycles. The van der Waals surface area contributed by atoms with Crippen LogP contribution in [-0.4, -0.2) is 36.5 Å². The summed E-state index contributed by atoms with van der Waals surface area (Å²) >= 11 is 0. The van der Waals surface area contributed by atoms with E-state index in [0.29, 0.717) is 5.57 Å². The fraction of sp³-hybridized carbons (Fsp3) is 0.700. The Labute approximate surface area is 84.5 Å². The Morgan fingerprint density at radius 3 is 2.43 bits per heavy atom. The van der Waals surface area contributed by atoms with E-state index in [9.17, 15) is 4.79 Å². The lowest BCUT2D eigenvalue weighted by Crippen LogP contribution is -2.25. The largest absolute Gasteiger partial charge is 0.460 e. The Bertz CT molecular complexity index is 200. The third kappa shape index (κ3) is 5.72. The van der Waals surface area contributed by atoms with E-state index in [-0.39, 0.29) is 25.4 Å². The molecule has 0 aliphatic rings. The number of aliphatic hydroxyl groups is 1. The summed E-state index contributed by atoms with van der Waals surface area (Å²) in [6.07, 6.45) is -0.464. The van der Waals surface area contributed by atoms with Crippen molar-refractivity contribution in [3.8, 4) is 0 Å². The molecule has 1 N–H and O–H groups in total. The molecule has 0 heterocycles. The first-order valence-electron chi connectivity index (χ1n) is 4.56. The molecule has 0 aliphatic carbocycles. The quantitative estimate of drug-likeness (QED) is 0.513. The van der Waals surface area contributed by atoms with Crippen molar-refractivity contribution in [1.82, 2.24) is 0 Å². The summed E-state index contributed by atoms with van der Waals surface area (Å²) in [7, 11) is 0. The van der Waals surface area contributed by atoms with Crippen LogP contribution in [-0.2, 0) is 14.3 Å². The van der Waals surface area contributed by atoms with Crippen LogP contribution in [0.2, 0.25) is 0 Å². The summed E-state index contributed by atoms with van der Waals surface area (Å²) in [6, 6.07) is 0. The SMILES string of the molecule is C=C(C)C(=O)OCC(C)OC(C)CO. The molecule has 14 heavy (non-hydrogen) atoms. The Morgan fingerprint density at radius 1 is 1.43 bits per heavy atom. The number of ether oxygens (including phenoxy) is 2. The van der Waals surface area contributed by atoms with Crippen molar-refractivity contribution in [3.05, 3.63) is 12.2 Å². The molecule has 2 atom stereocenters. The molecule has 0 amide bonds. The molecular weight excluding hydrogens is 184 g/mol. The van der Waals surface area contributed by atoms with Gasteiger partial charge in [0.2, 0.25) is 0 Å². The van der Waals surface area contributed by atoms with Crippen LogP contribution in [0.4, 0.5) is 0 Å². The number of rotatable bonds is 6. The lowest BCUT2D eigenvalue weighted by atomic mass is 10.3.